The molecule has 2 nitrogen and oxygen atoms in total. The minimum atomic E-state index is 0.317. The number of rotatable bonds is 3. The number of phenols is 1. The van der Waals surface area contributed by atoms with Crippen LogP contribution in [0, 0.1) is 6.92 Å². The topological polar surface area (TPSA) is 23.5 Å². The van der Waals surface area contributed by atoms with Gasteiger partial charge in [0.25, 0.3) is 0 Å². The summed E-state index contributed by atoms with van der Waals surface area (Å²) in [5.41, 5.74) is 3.19. The molecule has 0 aliphatic heterocycles. The molecule has 2 aromatic carbocycles. The molecular formula is C15H17NO. The fourth-order valence-corrected chi connectivity index (χ4v) is 2.03. The standard InChI is InChI=1S/C15H17NO/c1-3-16(13-9-5-4-8-12(13)2)14-10-6-7-11-15(14)17/h4-11,17H,3H2,1-2H3. The lowest BCUT2D eigenvalue weighted by atomic mass is 10.1. The maximum Gasteiger partial charge on any atom is 0.139 e. The van der Waals surface area contributed by atoms with Crippen molar-refractivity contribution in [1.29, 1.82) is 0 Å². The highest BCUT2D eigenvalue weighted by atomic mass is 16.3. The van der Waals surface area contributed by atoms with Gasteiger partial charge in [0.2, 0.25) is 0 Å². The van der Waals surface area contributed by atoms with E-state index >= 15 is 0 Å². The fraction of sp³-hybridized carbons (Fsp3) is 0.200. The summed E-state index contributed by atoms with van der Waals surface area (Å²) in [6.07, 6.45) is 0. The van der Waals surface area contributed by atoms with Crippen LogP contribution in [0.3, 0.4) is 0 Å². The maximum atomic E-state index is 9.92. The van der Waals surface area contributed by atoms with E-state index in [-0.39, 0.29) is 0 Å². The highest BCUT2D eigenvalue weighted by Gasteiger charge is 2.12. The van der Waals surface area contributed by atoms with Crippen molar-refractivity contribution in [2.45, 2.75) is 13.8 Å². The fourth-order valence-electron chi connectivity index (χ4n) is 2.03. The summed E-state index contributed by atoms with van der Waals surface area (Å²) < 4.78 is 0. The first-order chi connectivity index (χ1) is 8.24. The van der Waals surface area contributed by atoms with Crippen LogP contribution < -0.4 is 4.90 Å². The minimum absolute atomic E-state index is 0.317. The molecule has 0 radical (unpaired) electrons. The number of hydrogen-bond donors (Lipinski definition) is 1. The predicted molar refractivity (Wildman–Crippen MR) is 72.0 cm³/mol. The number of nitrogens with zero attached hydrogens (tertiary/aromatic N) is 1. The van der Waals surface area contributed by atoms with Gasteiger partial charge in [0.05, 0.1) is 5.69 Å². The number of hydrogen-bond acceptors (Lipinski definition) is 2. The lowest BCUT2D eigenvalue weighted by Crippen LogP contribution is -2.17. The van der Waals surface area contributed by atoms with Crippen LogP contribution in [0.25, 0.3) is 0 Å². The minimum Gasteiger partial charge on any atom is -0.506 e. The average Bonchev–Trinajstić information content (AvgIpc) is 2.34. The van der Waals surface area contributed by atoms with Crippen LogP contribution >= 0.6 is 0 Å². The molecule has 0 aliphatic carbocycles. The highest BCUT2D eigenvalue weighted by molar-refractivity contribution is 5.70. The first kappa shape index (κ1) is 11.5. The van der Waals surface area contributed by atoms with Crippen molar-refractivity contribution in [1.82, 2.24) is 0 Å². The van der Waals surface area contributed by atoms with Crippen molar-refractivity contribution in [3.8, 4) is 5.75 Å². The smallest absolute Gasteiger partial charge is 0.139 e. The van der Waals surface area contributed by atoms with Crippen LogP contribution in [-0.4, -0.2) is 11.7 Å². The second-order valence-corrected chi connectivity index (χ2v) is 4.02. The van der Waals surface area contributed by atoms with Gasteiger partial charge >= 0.3 is 0 Å². The molecule has 0 amide bonds. The lowest BCUT2D eigenvalue weighted by molar-refractivity contribution is 0.475. The van der Waals surface area contributed by atoms with E-state index in [1.54, 1.807) is 6.07 Å². The molecule has 0 aliphatic rings. The molecular weight excluding hydrogens is 210 g/mol. The molecule has 0 saturated heterocycles. The van der Waals surface area contributed by atoms with Crippen LogP contribution in [0.15, 0.2) is 48.5 Å². The number of benzene rings is 2. The average molecular weight is 227 g/mol. The quantitative estimate of drug-likeness (QED) is 0.860. The molecule has 2 aromatic rings. The molecule has 0 atom stereocenters. The van der Waals surface area contributed by atoms with Gasteiger partial charge in [0.1, 0.15) is 5.75 Å². The van der Waals surface area contributed by atoms with Crippen LogP contribution in [0.5, 0.6) is 5.75 Å². The predicted octanol–water partition coefficient (Wildman–Crippen LogP) is 3.86. The summed E-state index contributed by atoms with van der Waals surface area (Å²) in [6.45, 7) is 4.99. The summed E-state index contributed by atoms with van der Waals surface area (Å²) >= 11 is 0. The zero-order chi connectivity index (χ0) is 12.3. The van der Waals surface area contributed by atoms with E-state index in [1.807, 2.05) is 30.3 Å². The number of aryl methyl sites for hydroxylation is 1. The Balaban J connectivity index is 2.48. The zero-order valence-corrected chi connectivity index (χ0v) is 10.2. The van der Waals surface area contributed by atoms with E-state index in [0.717, 1.165) is 17.9 Å². The van der Waals surface area contributed by atoms with E-state index in [1.165, 1.54) is 5.56 Å². The van der Waals surface area contributed by atoms with Gasteiger partial charge in [-0.1, -0.05) is 30.3 Å². The Bertz CT molecular complexity index is 462. The van der Waals surface area contributed by atoms with Gasteiger partial charge < -0.3 is 10.0 Å². The van der Waals surface area contributed by atoms with Gasteiger partial charge in [0, 0.05) is 12.2 Å². The first-order valence-electron chi connectivity index (χ1n) is 5.85. The molecule has 0 saturated carbocycles. The van der Waals surface area contributed by atoms with E-state index in [2.05, 4.69) is 30.9 Å². The highest BCUT2D eigenvalue weighted by Crippen LogP contribution is 2.33. The molecule has 0 bridgehead atoms. The molecule has 0 heterocycles. The number of phenolic OH excluding ortho intramolecular Hbond substituents is 1. The lowest BCUT2D eigenvalue weighted by Gasteiger charge is -2.25. The van der Waals surface area contributed by atoms with Gasteiger partial charge in [-0.3, -0.25) is 0 Å². The normalized spacial score (nSPS) is 10.2. The van der Waals surface area contributed by atoms with E-state index in [4.69, 9.17) is 0 Å². The van der Waals surface area contributed by atoms with Crippen LogP contribution in [0.1, 0.15) is 12.5 Å². The number of para-hydroxylation sites is 3. The van der Waals surface area contributed by atoms with Crippen molar-refractivity contribution < 1.29 is 5.11 Å². The molecule has 0 unspecified atom stereocenters. The first-order valence-corrected chi connectivity index (χ1v) is 5.85. The monoisotopic (exact) mass is 227 g/mol. The molecule has 1 N–H and O–H groups in total. The second kappa shape index (κ2) is 4.91. The molecule has 0 aromatic heterocycles. The van der Waals surface area contributed by atoms with Gasteiger partial charge in [-0.05, 0) is 37.6 Å². The molecule has 88 valence electrons. The molecule has 0 spiro atoms. The SMILES string of the molecule is CCN(c1ccccc1C)c1ccccc1O. The van der Waals surface area contributed by atoms with Gasteiger partial charge in [-0.15, -0.1) is 0 Å². The zero-order valence-electron chi connectivity index (χ0n) is 10.2. The van der Waals surface area contributed by atoms with Crippen molar-refractivity contribution >= 4 is 11.4 Å². The van der Waals surface area contributed by atoms with Crippen molar-refractivity contribution in [3.05, 3.63) is 54.1 Å². The van der Waals surface area contributed by atoms with E-state index in [9.17, 15) is 5.11 Å². The number of anilines is 2. The number of aromatic hydroxyl groups is 1. The largest absolute Gasteiger partial charge is 0.506 e. The van der Waals surface area contributed by atoms with Crippen molar-refractivity contribution in [2.24, 2.45) is 0 Å². The van der Waals surface area contributed by atoms with Gasteiger partial charge in [0.15, 0.2) is 0 Å². The maximum absolute atomic E-state index is 9.92. The van der Waals surface area contributed by atoms with Crippen LogP contribution in [-0.2, 0) is 0 Å². The third-order valence-corrected chi connectivity index (χ3v) is 2.90. The summed E-state index contributed by atoms with van der Waals surface area (Å²) in [4.78, 5) is 2.12. The molecule has 17 heavy (non-hydrogen) atoms. The van der Waals surface area contributed by atoms with Gasteiger partial charge in [-0.2, -0.15) is 0 Å². The Hall–Kier alpha value is -1.96. The van der Waals surface area contributed by atoms with Crippen molar-refractivity contribution in [3.63, 3.8) is 0 Å². The van der Waals surface area contributed by atoms with Crippen LogP contribution in [0.4, 0.5) is 11.4 Å². The van der Waals surface area contributed by atoms with E-state index in [0.29, 0.717) is 5.75 Å². The summed E-state index contributed by atoms with van der Waals surface area (Å²) in [5, 5.41) is 9.92. The Kier molecular flexibility index (Phi) is 3.33. The third-order valence-electron chi connectivity index (χ3n) is 2.90. The molecule has 0 fully saturated rings. The van der Waals surface area contributed by atoms with Crippen LogP contribution in [0.2, 0.25) is 0 Å². The molecule has 2 rings (SSSR count). The second-order valence-electron chi connectivity index (χ2n) is 4.02. The summed E-state index contributed by atoms with van der Waals surface area (Å²) in [6, 6.07) is 15.6. The summed E-state index contributed by atoms with van der Waals surface area (Å²) in [5.74, 6) is 0.317. The Morgan fingerprint density at radius 3 is 2.12 bits per heavy atom. The Labute approximate surface area is 102 Å². The summed E-state index contributed by atoms with van der Waals surface area (Å²) in [7, 11) is 0. The van der Waals surface area contributed by atoms with E-state index < -0.39 is 0 Å². The third kappa shape index (κ3) is 2.26. The van der Waals surface area contributed by atoms with Gasteiger partial charge in [-0.25, -0.2) is 0 Å². The Morgan fingerprint density at radius 1 is 0.941 bits per heavy atom. The van der Waals surface area contributed by atoms with Crippen molar-refractivity contribution in [2.75, 3.05) is 11.4 Å². The Morgan fingerprint density at radius 2 is 1.53 bits per heavy atom. The molecule has 2 heteroatoms.